The molecule has 8 atom stereocenters. The maximum absolute atomic E-state index is 12.3. The molecule has 4 aliphatic carbocycles. The first kappa shape index (κ1) is 29.1. The fourth-order valence-corrected chi connectivity index (χ4v) is 9.11. The van der Waals surface area contributed by atoms with E-state index in [0.29, 0.717) is 35.9 Å². The third-order valence-corrected chi connectivity index (χ3v) is 11.3. The van der Waals surface area contributed by atoms with Crippen molar-refractivity contribution in [2.75, 3.05) is 13.2 Å². The molecule has 0 radical (unpaired) electrons. The van der Waals surface area contributed by atoms with Gasteiger partial charge in [-0.2, -0.15) is 0 Å². The van der Waals surface area contributed by atoms with Gasteiger partial charge >= 0.3 is 0 Å². The van der Waals surface area contributed by atoms with Gasteiger partial charge in [-0.15, -0.1) is 0 Å². The standard InChI is InChI=1S/C32H55NO4/c1-4-5-10-19-33-29(36)12-9-7-6-8-11-20-37-27-22-32(3)26(15-16-28(32)35)25-14-13-23-21-24(34)17-18-31(23,2)30(25)27/h23,25-28,30,35H,4-22H2,1-3H3,(H,33,36)/t23-,25-,26-,27-,28-,30+,31-,32-/m0/s1. The van der Waals surface area contributed by atoms with E-state index in [4.69, 9.17) is 4.74 Å². The predicted molar refractivity (Wildman–Crippen MR) is 148 cm³/mol. The molecule has 0 unspecified atom stereocenters. The molecule has 0 aromatic heterocycles. The lowest BCUT2D eigenvalue weighted by molar-refractivity contribution is -0.192. The minimum atomic E-state index is -0.202. The number of unbranched alkanes of at least 4 members (excludes halogenated alkanes) is 6. The average molecular weight is 518 g/mol. The van der Waals surface area contributed by atoms with Gasteiger partial charge in [0.05, 0.1) is 12.2 Å². The first-order valence-electron chi connectivity index (χ1n) is 15.9. The number of ketones is 1. The molecule has 0 saturated heterocycles. The molecule has 0 heterocycles. The van der Waals surface area contributed by atoms with E-state index in [-0.39, 0.29) is 28.9 Å². The highest BCUT2D eigenvalue weighted by Crippen LogP contribution is 2.66. The number of fused-ring (bicyclic) bond motifs is 5. The van der Waals surface area contributed by atoms with Crippen molar-refractivity contribution in [3.63, 3.8) is 0 Å². The first-order chi connectivity index (χ1) is 17.8. The summed E-state index contributed by atoms with van der Waals surface area (Å²) in [4.78, 5) is 24.3. The van der Waals surface area contributed by atoms with Crippen molar-refractivity contribution < 1.29 is 19.4 Å². The summed E-state index contributed by atoms with van der Waals surface area (Å²) < 4.78 is 6.76. The lowest BCUT2D eigenvalue weighted by Crippen LogP contribution is -2.60. The number of aliphatic hydroxyl groups excluding tert-OH is 1. The summed E-state index contributed by atoms with van der Waals surface area (Å²) in [5.74, 6) is 2.94. The maximum Gasteiger partial charge on any atom is 0.219 e. The number of aliphatic hydroxyl groups is 1. The quantitative estimate of drug-likeness (QED) is 0.270. The van der Waals surface area contributed by atoms with Crippen LogP contribution in [0.5, 0.6) is 0 Å². The minimum absolute atomic E-state index is 0.0172. The highest BCUT2D eigenvalue weighted by Gasteiger charge is 2.63. The highest BCUT2D eigenvalue weighted by atomic mass is 16.5. The Morgan fingerprint density at radius 2 is 1.78 bits per heavy atom. The van der Waals surface area contributed by atoms with Gasteiger partial charge in [-0.25, -0.2) is 0 Å². The molecule has 0 bridgehead atoms. The third kappa shape index (κ3) is 6.45. The second kappa shape index (κ2) is 12.9. The van der Waals surface area contributed by atoms with Crippen LogP contribution in [0.2, 0.25) is 0 Å². The molecule has 0 spiro atoms. The number of hydrogen-bond donors (Lipinski definition) is 2. The largest absolute Gasteiger partial charge is 0.393 e. The highest BCUT2D eigenvalue weighted by molar-refractivity contribution is 5.79. The normalized spacial score (nSPS) is 39.1. The molecule has 4 fully saturated rings. The molecule has 4 rings (SSSR count). The SMILES string of the molecule is CCCCCNC(=O)CCCCCCCO[C@H]1C[C@]2(C)[C@@H](O)CC[C@H]2[C@@H]2CC[C@H]3CC(=O)CC[C@]3(C)[C@H]21. The Hall–Kier alpha value is -0.940. The Bertz CT molecular complexity index is 770. The number of amides is 1. The molecular formula is C32H55NO4. The van der Waals surface area contributed by atoms with Gasteiger partial charge in [0.15, 0.2) is 0 Å². The number of carbonyl (C=O) groups is 2. The minimum Gasteiger partial charge on any atom is -0.393 e. The van der Waals surface area contributed by atoms with Gasteiger partial charge in [-0.1, -0.05) is 52.9 Å². The monoisotopic (exact) mass is 517 g/mol. The van der Waals surface area contributed by atoms with Crippen LogP contribution in [0.15, 0.2) is 0 Å². The summed E-state index contributed by atoms with van der Waals surface area (Å²) in [6.45, 7) is 8.61. The molecule has 4 aliphatic rings. The smallest absolute Gasteiger partial charge is 0.219 e. The zero-order valence-electron chi connectivity index (χ0n) is 24.1. The Morgan fingerprint density at radius 3 is 2.59 bits per heavy atom. The van der Waals surface area contributed by atoms with Crippen LogP contribution in [0.1, 0.15) is 130 Å². The summed E-state index contributed by atoms with van der Waals surface area (Å²) >= 11 is 0. The van der Waals surface area contributed by atoms with Gasteiger partial charge in [0.25, 0.3) is 0 Å². The molecule has 0 aromatic carbocycles. The van der Waals surface area contributed by atoms with Crippen LogP contribution in [-0.2, 0) is 14.3 Å². The Balaban J connectivity index is 1.25. The van der Waals surface area contributed by atoms with Crippen molar-refractivity contribution in [3.05, 3.63) is 0 Å². The van der Waals surface area contributed by atoms with E-state index in [1.54, 1.807) is 0 Å². The lowest BCUT2D eigenvalue weighted by Gasteiger charge is -2.62. The van der Waals surface area contributed by atoms with E-state index < -0.39 is 0 Å². The van der Waals surface area contributed by atoms with Gasteiger partial charge in [-0.05, 0) is 92.3 Å². The van der Waals surface area contributed by atoms with Crippen molar-refractivity contribution in [2.45, 2.75) is 142 Å². The molecule has 0 aliphatic heterocycles. The van der Waals surface area contributed by atoms with Crippen molar-refractivity contribution in [1.82, 2.24) is 5.32 Å². The lowest BCUT2D eigenvalue weighted by atomic mass is 9.44. The zero-order valence-corrected chi connectivity index (χ0v) is 24.1. The Morgan fingerprint density at radius 1 is 1.00 bits per heavy atom. The molecule has 5 heteroatoms. The molecule has 0 aromatic rings. The van der Waals surface area contributed by atoms with Gasteiger partial charge in [0.2, 0.25) is 5.91 Å². The van der Waals surface area contributed by atoms with Crippen LogP contribution >= 0.6 is 0 Å². The van der Waals surface area contributed by atoms with E-state index in [9.17, 15) is 14.7 Å². The van der Waals surface area contributed by atoms with Gasteiger partial charge in [0, 0.05) is 32.4 Å². The van der Waals surface area contributed by atoms with Crippen LogP contribution in [0.3, 0.4) is 0 Å². The first-order valence-corrected chi connectivity index (χ1v) is 15.9. The van der Waals surface area contributed by atoms with E-state index in [1.807, 2.05) is 0 Å². The second-order valence-corrected chi connectivity index (χ2v) is 13.6. The van der Waals surface area contributed by atoms with Crippen LogP contribution in [0.4, 0.5) is 0 Å². The molecule has 37 heavy (non-hydrogen) atoms. The van der Waals surface area contributed by atoms with Crippen LogP contribution in [0, 0.1) is 34.5 Å². The topological polar surface area (TPSA) is 75.6 Å². The van der Waals surface area contributed by atoms with Crippen molar-refractivity contribution >= 4 is 11.7 Å². The number of hydrogen-bond acceptors (Lipinski definition) is 4. The predicted octanol–water partition coefficient (Wildman–Crippen LogP) is 6.60. The number of rotatable bonds is 13. The van der Waals surface area contributed by atoms with Crippen molar-refractivity contribution in [3.8, 4) is 0 Å². The van der Waals surface area contributed by atoms with E-state index in [2.05, 4.69) is 26.1 Å². The van der Waals surface area contributed by atoms with Crippen molar-refractivity contribution in [1.29, 1.82) is 0 Å². The molecule has 212 valence electrons. The molecule has 4 saturated carbocycles. The summed E-state index contributed by atoms with van der Waals surface area (Å²) in [6.07, 6.45) is 17.5. The summed E-state index contributed by atoms with van der Waals surface area (Å²) in [5.41, 5.74) is 0.185. The fraction of sp³-hybridized carbons (Fsp3) is 0.938. The number of carbonyl (C=O) groups excluding carboxylic acids is 2. The van der Waals surface area contributed by atoms with E-state index in [0.717, 1.165) is 90.2 Å². The molecule has 5 nitrogen and oxygen atoms in total. The van der Waals surface area contributed by atoms with E-state index in [1.165, 1.54) is 25.7 Å². The number of ether oxygens (including phenoxy) is 1. The Kier molecular flexibility index (Phi) is 10.2. The van der Waals surface area contributed by atoms with Crippen LogP contribution in [0.25, 0.3) is 0 Å². The fourth-order valence-electron chi connectivity index (χ4n) is 9.11. The molecular weight excluding hydrogens is 462 g/mol. The van der Waals surface area contributed by atoms with Gasteiger partial charge < -0.3 is 15.2 Å². The average Bonchev–Trinajstić information content (AvgIpc) is 3.17. The molecule has 1 amide bonds. The van der Waals surface area contributed by atoms with Crippen LogP contribution in [-0.4, -0.2) is 42.2 Å². The Labute approximate surface area is 226 Å². The van der Waals surface area contributed by atoms with E-state index >= 15 is 0 Å². The van der Waals surface area contributed by atoms with Crippen molar-refractivity contribution in [2.24, 2.45) is 34.5 Å². The van der Waals surface area contributed by atoms with Gasteiger partial charge in [0.1, 0.15) is 5.78 Å². The molecule has 2 N–H and O–H groups in total. The summed E-state index contributed by atoms with van der Waals surface area (Å²) in [5, 5.41) is 14.0. The third-order valence-electron chi connectivity index (χ3n) is 11.3. The number of Topliss-reactive ketones (excluding diaryl/α,β-unsaturated/α-hetero) is 1. The van der Waals surface area contributed by atoms with Gasteiger partial charge in [-0.3, -0.25) is 9.59 Å². The summed E-state index contributed by atoms with van der Waals surface area (Å²) in [6, 6.07) is 0. The van der Waals surface area contributed by atoms with Crippen LogP contribution < -0.4 is 5.32 Å². The zero-order chi connectivity index (χ0) is 26.5. The maximum atomic E-state index is 12.3. The second-order valence-electron chi connectivity index (χ2n) is 13.6. The number of nitrogens with one attached hydrogen (secondary N) is 1. The summed E-state index contributed by atoms with van der Waals surface area (Å²) in [7, 11) is 0.